The van der Waals surface area contributed by atoms with E-state index in [4.69, 9.17) is 23.8 Å². The fourth-order valence-electron chi connectivity index (χ4n) is 3.94. The number of halogens is 2. The number of benzene rings is 3. The fourth-order valence-corrected chi connectivity index (χ4v) is 4.45. The Kier molecular flexibility index (Phi) is 7.63. The molecule has 1 heterocycles. The van der Waals surface area contributed by atoms with Crippen LogP contribution in [0, 0.1) is 12.7 Å². The maximum Gasteiger partial charge on any atom is 0.257 e. The number of rotatable bonds is 4. The Morgan fingerprint density at radius 1 is 0.971 bits per heavy atom. The number of amides is 2. The van der Waals surface area contributed by atoms with Gasteiger partial charge in [-0.15, -0.1) is 0 Å². The van der Waals surface area contributed by atoms with Crippen molar-refractivity contribution in [3.8, 4) is 0 Å². The summed E-state index contributed by atoms with van der Waals surface area (Å²) < 4.78 is 13.3. The lowest BCUT2D eigenvalue weighted by atomic mass is 10.1. The molecule has 1 aliphatic heterocycles. The third kappa shape index (κ3) is 5.96. The Morgan fingerprint density at radius 2 is 1.71 bits per heavy atom. The molecule has 1 saturated heterocycles. The normalized spacial score (nSPS) is 13.3. The predicted octanol–water partition coefficient (Wildman–Crippen LogP) is 4.88. The van der Waals surface area contributed by atoms with Crippen LogP contribution < -0.4 is 15.5 Å². The van der Waals surface area contributed by atoms with Gasteiger partial charge in [0, 0.05) is 43.0 Å². The lowest BCUT2D eigenvalue weighted by Crippen LogP contribution is -2.49. The number of hydrogen-bond donors (Lipinski definition) is 2. The number of piperazine rings is 1. The quantitative estimate of drug-likeness (QED) is 0.490. The van der Waals surface area contributed by atoms with E-state index in [0.29, 0.717) is 36.9 Å². The number of carbonyl (C=O) groups excluding carboxylic acids is 2. The minimum Gasteiger partial charge on any atom is -0.367 e. The van der Waals surface area contributed by atoms with Gasteiger partial charge in [-0.05, 0) is 67.2 Å². The molecule has 3 aromatic carbocycles. The number of nitrogens with zero attached hydrogens (tertiary/aromatic N) is 2. The van der Waals surface area contributed by atoms with Gasteiger partial charge in [-0.1, -0.05) is 35.9 Å². The van der Waals surface area contributed by atoms with Crippen molar-refractivity contribution in [3.05, 3.63) is 94.3 Å². The molecule has 2 N–H and O–H groups in total. The first kappa shape index (κ1) is 24.6. The van der Waals surface area contributed by atoms with Gasteiger partial charge < -0.3 is 15.1 Å². The van der Waals surface area contributed by atoms with Crippen molar-refractivity contribution in [2.45, 2.75) is 6.92 Å². The van der Waals surface area contributed by atoms with E-state index in [9.17, 15) is 14.0 Å². The van der Waals surface area contributed by atoms with Gasteiger partial charge in [0.25, 0.3) is 11.8 Å². The third-order valence-corrected chi connectivity index (χ3v) is 6.31. The molecule has 180 valence electrons. The summed E-state index contributed by atoms with van der Waals surface area (Å²) in [4.78, 5) is 29.1. The maximum absolute atomic E-state index is 13.3. The molecule has 0 aliphatic carbocycles. The van der Waals surface area contributed by atoms with E-state index in [0.717, 1.165) is 22.9 Å². The van der Waals surface area contributed by atoms with Gasteiger partial charge in [-0.2, -0.15) is 0 Å². The van der Waals surface area contributed by atoms with Crippen LogP contribution in [0.25, 0.3) is 0 Å². The topological polar surface area (TPSA) is 64.7 Å². The number of anilines is 2. The highest BCUT2D eigenvalue weighted by Gasteiger charge is 2.24. The zero-order chi connectivity index (χ0) is 24.9. The molecule has 0 saturated carbocycles. The second-order valence-corrected chi connectivity index (χ2v) is 8.99. The van der Waals surface area contributed by atoms with E-state index >= 15 is 0 Å². The molecular weight excluding hydrogens is 487 g/mol. The second kappa shape index (κ2) is 10.8. The summed E-state index contributed by atoms with van der Waals surface area (Å²) in [7, 11) is 0. The van der Waals surface area contributed by atoms with Crippen molar-refractivity contribution in [1.82, 2.24) is 10.2 Å². The molecule has 1 aliphatic rings. The minimum atomic E-state index is -0.511. The molecule has 9 heteroatoms. The molecular formula is C26H24ClFN4O2S. The highest BCUT2D eigenvalue weighted by molar-refractivity contribution is 7.80. The molecule has 4 rings (SSSR count). The first-order chi connectivity index (χ1) is 16.8. The largest absolute Gasteiger partial charge is 0.367 e. The van der Waals surface area contributed by atoms with Crippen LogP contribution in [0.5, 0.6) is 0 Å². The lowest BCUT2D eigenvalue weighted by molar-refractivity contribution is 0.0746. The monoisotopic (exact) mass is 510 g/mol. The zero-order valence-corrected chi connectivity index (χ0v) is 20.6. The van der Waals surface area contributed by atoms with Gasteiger partial charge >= 0.3 is 0 Å². The molecule has 0 aromatic heterocycles. The maximum atomic E-state index is 13.3. The van der Waals surface area contributed by atoms with Crippen LogP contribution in [0.3, 0.4) is 0 Å². The Balaban J connectivity index is 1.34. The average molecular weight is 511 g/mol. The summed E-state index contributed by atoms with van der Waals surface area (Å²) in [6, 6.07) is 18.4. The molecule has 0 radical (unpaired) electrons. The van der Waals surface area contributed by atoms with Crippen LogP contribution >= 0.6 is 23.8 Å². The first-order valence-corrected chi connectivity index (χ1v) is 11.9. The third-order valence-electron chi connectivity index (χ3n) is 5.80. The molecule has 6 nitrogen and oxygen atoms in total. The summed E-state index contributed by atoms with van der Waals surface area (Å²) in [6.45, 7) is 4.45. The number of hydrogen-bond acceptors (Lipinski definition) is 4. The van der Waals surface area contributed by atoms with Crippen LogP contribution in [0.2, 0.25) is 5.02 Å². The van der Waals surface area contributed by atoms with Crippen molar-refractivity contribution in [2.24, 2.45) is 0 Å². The molecule has 35 heavy (non-hydrogen) atoms. The lowest BCUT2D eigenvalue weighted by Gasteiger charge is -2.36. The molecule has 3 aromatic rings. The van der Waals surface area contributed by atoms with E-state index in [1.165, 1.54) is 18.2 Å². The van der Waals surface area contributed by atoms with Gasteiger partial charge in [-0.25, -0.2) is 4.39 Å². The molecule has 0 bridgehead atoms. The minimum absolute atomic E-state index is 0.0437. The van der Waals surface area contributed by atoms with Crippen LogP contribution in [0.4, 0.5) is 15.8 Å². The number of aryl methyl sites for hydroxylation is 1. The van der Waals surface area contributed by atoms with Crippen molar-refractivity contribution >= 4 is 52.1 Å². The van der Waals surface area contributed by atoms with E-state index in [1.807, 2.05) is 48.2 Å². The molecule has 2 amide bonds. The van der Waals surface area contributed by atoms with Crippen LogP contribution in [0.1, 0.15) is 26.3 Å². The van der Waals surface area contributed by atoms with Crippen molar-refractivity contribution in [1.29, 1.82) is 0 Å². The molecule has 0 unspecified atom stereocenters. The Bertz CT molecular complexity index is 1280. The Hall–Kier alpha value is -3.49. The summed E-state index contributed by atoms with van der Waals surface area (Å²) >= 11 is 11.8. The fraction of sp³-hybridized carbons (Fsp3) is 0.192. The highest BCUT2D eigenvalue weighted by Crippen LogP contribution is 2.30. The SMILES string of the molecule is Cc1ccccc1C(=O)N1CCN(c2ccc(NC(=S)NC(=O)c3cccc(F)c3)cc2Cl)CC1. The summed E-state index contributed by atoms with van der Waals surface area (Å²) in [5.41, 5.74) is 3.33. The smallest absolute Gasteiger partial charge is 0.257 e. The van der Waals surface area contributed by atoms with E-state index in [2.05, 4.69) is 15.5 Å². The van der Waals surface area contributed by atoms with Crippen molar-refractivity contribution in [2.75, 3.05) is 36.4 Å². The van der Waals surface area contributed by atoms with Gasteiger partial charge in [0.15, 0.2) is 5.11 Å². The molecule has 0 spiro atoms. The van der Waals surface area contributed by atoms with E-state index < -0.39 is 11.7 Å². The number of carbonyl (C=O) groups is 2. The van der Waals surface area contributed by atoms with Gasteiger partial charge in [-0.3, -0.25) is 14.9 Å². The summed E-state index contributed by atoms with van der Waals surface area (Å²) in [5.74, 6) is -0.968. The Labute approximate surface area is 213 Å². The summed E-state index contributed by atoms with van der Waals surface area (Å²) in [6.07, 6.45) is 0. The highest BCUT2D eigenvalue weighted by atomic mass is 35.5. The Morgan fingerprint density at radius 3 is 2.40 bits per heavy atom. The average Bonchev–Trinajstić information content (AvgIpc) is 2.84. The second-order valence-electron chi connectivity index (χ2n) is 8.18. The van der Waals surface area contributed by atoms with Crippen LogP contribution in [0.15, 0.2) is 66.7 Å². The predicted molar refractivity (Wildman–Crippen MR) is 141 cm³/mol. The van der Waals surface area contributed by atoms with E-state index in [-0.39, 0.29) is 16.6 Å². The van der Waals surface area contributed by atoms with Crippen LogP contribution in [-0.2, 0) is 0 Å². The molecule has 1 fully saturated rings. The number of nitrogens with one attached hydrogen (secondary N) is 2. The van der Waals surface area contributed by atoms with Crippen LogP contribution in [-0.4, -0.2) is 48.0 Å². The van der Waals surface area contributed by atoms with Gasteiger partial charge in [0.05, 0.1) is 10.7 Å². The van der Waals surface area contributed by atoms with Gasteiger partial charge in [0.1, 0.15) is 5.82 Å². The van der Waals surface area contributed by atoms with Gasteiger partial charge in [0.2, 0.25) is 0 Å². The van der Waals surface area contributed by atoms with Crippen molar-refractivity contribution < 1.29 is 14.0 Å². The zero-order valence-electron chi connectivity index (χ0n) is 19.1. The number of thiocarbonyl (C=S) groups is 1. The summed E-state index contributed by atoms with van der Waals surface area (Å²) in [5, 5.41) is 6.05. The van der Waals surface area contributed by atoms with E-state index in [1.54, 1.807) is 6.07 Å². The standard InChI is InChI=1S/C26H24ClFN4O2S/c1-17-5-2-3-8-21(17)25(34)32-13-11-31(12-14-32)23-10-9-20(16-22(23)27)29-26(35)30-24(33)18-6-4-7-19(28)15-18/h2-10,15-16H,11-14H2,1H3,(H2,29,30,33,35). The molecule has 0 atom stereocenters. The first-order valence-electron chi connectivity index (χ1n) is 11.1. The van der Waals surface area contributed by atoms with Crippen molar-refractivity contribution in [3.63, 3.8) is 0 Å².